The summed E-state index contributed by atoms with van der Waals surface area (Å²) in [6, 6.07) is 8.48. The van der Waals surface area contributed by atoms with Crippen molar-refractivity contribution in [2.45, 2.75) is 18.9 Å². The summed E-state index contributed by atoms with van der Waals surface area (Å²) in [4.78, 5) is 2.62. The highest BCUT2D eigenvalue weighted by atomic mass is 19.1. The zero-order chi connectivity index (χ0) is 13.4. The van der Waals surface area contributed by atoms with Crippen molar-refractivity contribution in [3.63, 3.8) is 0 Å². The molecule has 0 radical (unpaired) electrons. The average Bonchev–Trinajstić information content (AvgIpc) is 2.38. The Morgan fingerprint density at radius 1 is 1.56 bits per heavy atom. The van der Waals surface area contributed by atoms with E-state index in [4.69, 9.17) is 10.8 Å². The first-order valence-corrected chi connectivity index (χ1v) is 5.52. The van der Waals surface area contributed by atoms with Crippen molar-refractivity contribution in [1.29, 1.82) is 5.26 Å². The molecule has 0 saturated carbocycles. The van der Waals surface area contributed by atoms with Gasteiger partial charge in [0.05, 0.1) is 6.07 Å². The van der Waals surface area contributed by atoms with Crippen molar-refractivity contribution in [2.24, 2.45) is 5.11 Å². The summed E-state index contributed by atoms with van der Waals surface area (Å²) in [5.74, 6) is -0.323. The van der Waals surface area contributed by atoms with Crippen LogP contribution in [0.5, 0.6) is 0 Å². The van der Waals surface area contributed by atoms with Crippen LogP contribution in [0, 0.1) is 17.1 Å². The van der Waals surface area contributed by atoms with Crippen molar-refractivity contribution in [3.8, 4) is 6.07 Å². The van der Waals surface area contributed by atoms with Crippen LogP contribution in [-0.2, 0) is 6.42 Å². The second kappa shape index (κ2) is 6.60. The van der Waals surface area contributed by atoms with E-state index in [2.05, 4.69) is 21.4 Å². The molecular formula is C12H14FN5. The summed E-state index contributed by atoms with van der Waals surface area (Å²) in [5, 5.41) is 15.5. The molecule has 0 spiro atoms. The van der Waals surface area contributed by atoms with E-state index in [9.17, 15) is 4.39 Å². The van der Waals surface area contributed by atoms with E-state index in [-0.39, 0.29) is 18.8 Å². The molecule has 1 unspecified atom stereocenters. The second-order valence-electron chi connectivity index (χ2n) is 4.09. The molecule has 0 heterocycles. The highest BCUT2D eigenvalue weighted by Gasteiger charge is 2.24. The molecule has 0 bridgehead atoms. The first-order valence-electron chi connectivity index (χ1n) is 5.52. The molecule has 0 aliphatic heterocycles. The zero-order valence-electron chi connectivity index (χ0n) is 10.1. The Morgan fingerprint density at radius 2 is 2.28 bits per heavy atom. The van der Waals surface area contributed by atoms with Gasteiger partial charge in [0.2, 0.25) is 0 Å². The van der Waals surface area contributed by atoms with E-state index in [1.807, 2.05) is 0 Å². The number of nitrogens with zero attached hydrogens (tertiary/aromatic N) is 4. The van der Waals surface area contributed by atoms with Gasteiger partial charge in [0.25, 0.3) is 0 Å². The molecule has 6 heteroatoms. The van der Waals surface area contributed by atoms with Crippen LogP contribution in [-0.4, -0.2) is 18.6 Å². The predicted molar refractivity (Wildman–Crippen MR) is 66.1 cm³/mol. The van der Waals surface area contributed by atoms with Gasteiger partial charge in [-0.25, -0.2) is 4.39 Å². The Balaban J connectivity index is 2.68. The van der Waals surface area contributed by atoms with E-state index in [1.54, 1.807) is 25.1 Å². The van der Waals surface area contributed by atoms with Crippen molar-refractivity contribution in [3.05, 3.63) is 46.1 Å². The average molecular weight is 247 g/mol. The van der Waals surface area contributed by atoms with Crippen LogP contribution in [0.4, 0.5) is 4.39 Å². The van der Waals surface area contributed by atoms with E-state index in [0.29, 0.717) is 12.1 Å². The normalized spacial score (nSPS) is 13.2. The molecule has 1 aromatic rings. The van der Waals surface area contributed by atoms with Crippen molar-refractivity contribution < 1.29 is 4.39 Å². The molecule has 1 atom stereocenters. The maximum atomic E-state index is 13.5. The van der Waals surface area contributed by atoms with Gasteiger partial charge in [-0.2, -0.15) is 5.26 Å². The van der Waals surface area contributed by atoms with Crippen LogP contribution < -0.4 is 5.32 Å². The highest BCUT2D eigenvalue weighted by molar-refractivity contribution is 5.23. The van der Waals surface area contributed by atoms with Crippen LogP contribution in [0.25, 0.3) is 10.4 Å². The molecule has 0 aliphatic rings. The smallest absolute Gasteiger partial charge is 0.126 e. The number of hydrogen-bond donors (Lipinski definition) is 1. The molecule has 5 nitrogen and oxygen atoms in total. The van der Waals surface area contributed by atoms with Crippen LogP contribution in [0.3, 0.4) is 0 Å². The summed E-state index contributed by atoms with van der Waals surface area (Å²) in [7, 11) is 0. The van der Waals surface area contributed by atoms with Gasteiger partial charge in [0.15, 0.2) is 0 Å². The zero-order valence-corrected chi connectivity index (χ0v) is 10.1. The number of benzene rings is 1. The third-order valence-corrected chi connectivity index (χ3v) is 2.54. The molecule has 94 valence electrons. The van der Waals surface area contributed by atoms with E-state index in [1.165, 1.54) is 6.07 Å². The topological polar surface area (TPSA) is 84.6 Å². The number of nitriles is 1. The van der Waals surface area contributed by atoms with Crippen LogP contribution in [0.15, 0.2) is 29.4 Å². The summed E-state index contributed by atoms with van der Waals surface area (Å²) in [5.41, 5.74) is 7.74. The number of nitrogens with one attached hydrogen (secondary N) is 1. The van der Waals surface area contributed by atoms with E-state index >= 15 is 0 Å². The van der Waals surface area contributed by atoms with E-state index in [0.717, 1.165) is 0 Å². The van der Waals surface area contributed by atoms with Crippen LogP contribution >= 0.6 is 0 Å². The lowest BCUT2D eigenvalue weighted by Crippen LogP contribution is -2.44. The van der Waals surface area contributed by atoms with Crippen molar-refractivity contribution in [1.82, 2.24) is 5.32 Å². The number of rotatable bonds is 6. The molecule has 0 amide bonds. The molecular weight excluding hydrogens is 233 g/mol. The SMILES string of the molecule is CC(C#N)(Cc1ccccc1F)NCCN=[N+]=[N-]. The number of azide groups is 1. The second-order valence-corrected chi connectivity index (χ2v) is 4.09. The van der Waals surface area contributed by atoms with Crippen molar-refractivity contribution in [2.75, 3.05) is 13.1 Å². The summed E-state index contributed by atoms with van der Waals surface area (Å²) >= 11 is 0. The van der Waals surface area contributed by atoms with Gasteiger partial charge in [-0.1, -0.05) is 23.3 Å². The summed E-state index contributed by atoms with van der Waals surface area (Å²) in [6.45, 7) is 2.32. The Hall–Kier alpha value is -2.09. The summed E-state index contributed by atoms with van der Waals surface area (Å²) < 4.78 is 13.5. The fourth-order valence-corrected chi connectivity index (χ4v) is 1.59. The van der Waals surface area contributed by atoms with Gasteiger partial charge < -0.3 is 0 Å². The van der Waals surface area contributed by atoms with Crippen molar-refractivity contribution >= 4 is 0 Å². The molecule has 0 fully saturated rings. The van der Waals surface area contributed by atoms with Gasteiger partial charge in [-0.3, -0.25) is 5.32 Å². The Morgan fingerprint density at radius 3 is 2.89 bits per heavy atom. The Kier molecular flexibility index (Phi) is 5.12. The molecule has 0 aliphatic carbocycles. The molecule has 1 rings (SSSR count). The minimum atomic E-state index is -0.882. The lowest BCUT2D eigenvalue weighted by atomic mass is 9.94. The quantitative estimate of drug-likeness (QED) is 0.362. The molecule has 0 aromatic heterocycles. The Labute approximate surface area is 105 Å². The van der Waals surface area contributed by atoms with Gasteiger partial charge in [0.1, 0.15) is 11.4 Å². The largest absolute Gasteiger partial charge is 0.299 e. The minimum Gasteiger partial charge on any atom is -0.299 e. The maximum Gasteiger partial charge on any atom is 0.126 e. The van der Waals surface area contributed by atoms with Crippen LogP contribution in [0.1, 0.15) is 12.5 Å². The molecule has 0 saturated heterocycles. The maximum absolute atomic E-state index is 13.5. The first-order chi connectivity index (χ1) is 8.61. The van der Waals surface area contributed by atoms with Gasteiger partial charge >= 0.3 is 0 Å². The van der Waals surface area contributed by atoms with Gasteiger partial charge in [0, 0.05) is 24.4 Å². The minimum absolute atomic E-state index is 0.255. The van der Waals surface area contributed by atoms with Gasteiger partial charge in [-0.05, 0) is 24.1 Å². The lowest BCUT2D eigenvalue weighted by molar-refractivity contribution is 0.442. The highest BCUT2D eigenvalue weighted by Crippen LogP contribution is 2.15. The standard InChI is InChI=1S/C12H14FN5/c1-12(9-14,16-6-7-17-18-15)8-10-4-2-3-5-11(10)13/h2-5,16H,6-8H2,1H3. The molecule has 18 heavy (non-hydrogen) atoms. The van der Waals surface area contributed by atoms with Gasteiger partial charge in [-0.15, -0.1) is 0 Å². The molecule has 1 N–H and O–H groups in total. The Bertz CT molecular complexity index is 489. The summed E-state index contributed by atoms with van der Waals surface area (Å²) in [6.07, 6.45) is 0.256. The third-order valence-electron chi connectivity index (χ3n) is 2.54. The van der Waals surface area contributed by atoms with Crippen LogP contribution in [0.2, 0.25) is 0 Å². The fraction of sp³-hybridized carbons (Fsp3) is 0.417. The number of halogens is 1. The van der Waals surface area contributed by atoms with E-state index < -0.39 is 5.54 Å². The first kappa shape index (κ1) is 14.0. The lowest BCUT2D eigenvalue weighted by Gasteiger charge is -2.23. The monoisotopic (exact) mass is 247 g/mol. The number of hydrogen-bond acceptors (Lipinski definition) is 3. The third kappa shape index (κ3) is 4.06. The molecule has 1 aromatic carbocycles. The fourth-order valence-electron chi connectivity index (χ4n) is 1.59. The predicted octanol–water partition coefficient (Wildman–Crippen LogP) is 2.55.